The molecule has 4 rings (SSSR count). The number of amides is 1. The Kier molecular flexibility index (Phi) is 6.90. The monoisotopic (exact) mass is 419 g/mol. The van der Waals surface area contributed by atoms with Crippen molar-refractivity contribution in [3.63, 3.8) is 0 Å². The molecule has 0 radical (unpaired) electrons. The minimum Gasteiger partial charge on any atom is -0.497 e. The van der Waals surface area contributed by atoms with Crippen LogP contribution in [0.1, 0.15) is 63.6 Å². The van der Waals surface area contributed by atoms with Gasteiger partial charge >= 0.3 is 0 Å². The molecule has 0 N–H and O–H groups in total. The Hall–Kier alpha value is -2.82. The van der Waals surface area contributed by atoms with Gasteiger partial charge in [-0.1, -0.05) is 51.2 Å². The first-order valence-electron chi connectivity index (χ1n) is 11.6. The molecule has 3 aromatic rings. The Bertz CT molecular complexity index is 1010. The predicted molar refractivity (Wildman–Crippen MR) is 126 cm³/mol. The number of anilines is 1. The van der Waals surface area contributed by atoms with Crippen molar-refractivity contribution in [1.29, 1.82) is 0 Å². The largest absolute Gasteiger partial charge is 0.497 e. The average molecular weight is 420 g/mol. The molecular weight excluding hydrogens is 386 g/mol. The SMILES string of the molecule is CCCCCCCCn1c([C@@H]2CC(=O)N(c3ccc(OC)cc3)C2)nc2ccccc21. The Morgan fingerprint density at radius 1 is 1.00 bits per heavy atom. The van der Waals surface area contributed by atoms with Crippen LogP contribution in [0.3, 0.4) is 0 Å². The van der Waals surface area contributed by atoms with Crippen LogP contribution in [0.4, 0.5) is 5.69 Å². The van der Waals surface area contributed by atoms with Crippen molar-refractivity contribution in [2.75, 3.05) is 18.6 Å². The van der Waals surface area contributed by atoms with E-state index in [4.69, 9.17) is 9.72 Å². The number of rotatable bonds is 10. The van der Waals surface area contributed by atoms with Crippen LogP contribution in [-0.2, 0) is 11.3 Å². The fourth-order valence-corrected chi connectivity index (χ4v) is 4.58. The van der Waals surface area contributed by atoms with E-state index in [1.807, 2.05) is 35.2 Å². The van der Waals surface area contributed by atoms with Gasteiger partial charge in [0.05, 0.1) is 18.1 Å². The highest BCUT2D eigenvalue weighted by Gasteiger charge is 2.34. The van der Waals surface area contributed by atoms with Crippen molar-refractivity contribution in [2.45, 2.75) is 64.3 Å². The van der Waals surface area contributed by atoms with Crippen LogP contribution in [-0.4, -0.2) is 29.1 Å². The average Bonchev–Trinajstić information content (AvgIpc) is 3.37. The summed E-state index contributed by atoms with van der Waals surface area (Å²) in [5.74, 6) is 2.13. The first kappa shape index (κ1) is 21.4. The van der Waals surface area contributed by atoms with E-state index in [2.05, 4.69) is 29.7 Å². The molecule has 1 fully saturated rings. The van der Waals surface area contributed by atoms with Crippen molar-refractivity contribution >= 4 is 22.6 Å². The summed E-state index contributed by atoms with van der Waals surface area (Å²) in [5.41, 5.74) is 3.13. The van der Waals surface area contributed by atoms with E-state index in [9.17, 15) is 4.79 Å². The maximum absolute atomic E-state index is 12.9. The molecule has 2 aromatic carbocycles. The number of para-hydroxylation sites is 2. The molecule has 1 aliphatic heterocycles. The number of carbonyl (C=O) groups excluding carboxylic acids is 1. The summed E-state index contributed by atoms with van der Waals surface area (Å²) in [5, 5.41) is 0. The lowest BCUT2D eigenvalue weighted by atomic mass is 10.1. The Morgan fingerprint density at radius 3 is 2.52 bits per heavy atom. The topological polar surface area (TPSA) is 47.4 Å². The van der Waals surface area contributed by atoms with Gasteiger partial charge in [-0.15, -0.1) is 0 Å². The highest BCUT2D eigenvalue weighted by atomic mass is 16.5. The maximum atomic E-state index is 12.9. The number of carbonyl (C=O) groups is 1. The number of ether oxygens (including phenoxy) is 1. The third-order valence-electron chi connectivity index (χ3n) is 6.29. The molecule has 0 bridgehead atoms. The van der Waals surface area contributed by atoms with Gasteiger partial charge in [-0.3, -0.25) is 4.79 Å². The first-order chi connectivity index (χ1) is 15.2. The van der Waals surface area contributed by atoms with E-state index in [0.717, 1.165) is 35.7 Å². The number of hydrogen-bond donors (Lipinski definition) is 0. The third kappa shape index (κ3) is 4.76. The molecule has 0 saturated carbocycles. The highest BCUT2D eigenvalue weighted by Crippen LogP contribution is 2.34. The van der Waals surface area contributed by atoms with E-state index in [0.29, 0.717) is 13.0 Å². The lowest BCUT2D eigenvalue weighted by Gasteiger charge is -2.18. The van der Waals surface area contributed by atoms with Gasteiger partial charge in [0.1, 0.15) is 11.6 Å². The number of nitrogens with zero attached hydrogens (tertiary/aromatic N) is 3. The van der Waals surface area contributed by atoms with Crippen LogP contribution >= 0.6 is 0 Å². The highest BCUT2D eigenvalue weighted by molar-refractivity contribution is 5.96. The van der Waals surface area contributed by atoms with Gasteiger partial charge in [0.15, 0.2) is 0 Å². The zero-order chi connectivity index (χ0) is 21.6. The summed E-state index contributed by atoms with van der Waals surface area (Å²) in [6, 6.07) is 16.1. The van der Waals surface area contributed by atoms with Crippen LogP contribution in [0.25, 0.3) is 11.0 Å². The molecule has 0 spiro atoms. The fraction of sp³-hybridized carbons (Fsp3) is 0.462. The molecule has 2 heterocycles. The van der Waals surface area contributed by atoms with Gasteiger partial charge in [-0.25, -0.2) is 4.98 Å². The number of hydrogen-bond acceptors (Lipinski definition) is 3. The molecule has 31 heavy (non-hydrogen) atoms. The van der Waals surface area contributed by atoms with E-state index in [1.54, 1.807) is 7.11 Å². The maximum Gasteiger partial charge on any atom is 0.227 e. The second kappa shape index (κ2) is 9.99. The van der Waals surface area contributed by atoms with Crippen molar-refractivity contribution in [1.82, 2.24) is 9.55 Å². The van der Waals surface area contributed by atoms with Gasteiger partial charge in [0.2, 0.25) is 5.91 Å². The summed E-state index contributed by atoms with van der Waals surface area (Å²) < 4.78 is 7.62. The summed E-state index contributed by atoms with van der Waals surface area (Å²) in [4.78, 5) is 19.7. The van der Waals surface area contributed by atoms with E-state index in [1.165, 1.54) is 37.6 Å². The van der Waals surface area contributed by atoms with Crippen LogP contribution in [0.2, 0.25) is 0 Å². The molecular formula is C26H33N3O2. The van der Waals surface area contributed by atoms with Crippen molar-refractivity contribution < 1.29 is 9.53 Å². The van der Waals surface area contributed by atoms with Gasteiger partial charge in [-0.05, 0) is 42.8 Å². The van der Waals surface area contributed by atoms with Gasteiger partial charge in [-0.2, -0.15) is 0 Å². The van der Waals surface area contributed by atoms with Crippen molar-refractivity contribution in [3.05, 3.63) is 54.4 Å². The zero-order valence-electron chi connectivity index (χ0n) is 18.7. The Balaban J connectivity index is 1.52. The molecule has 1 aromatic heterocycles. The van der Waals surface area contributed by atoms with Crippen LogP contribution in [0, 0.1) is 0 Å². The number of imidazole rings is 1. The van der Waals surface area contributed by atoms with E-state index >= 15 is 0 Å². The second-order valence-corrected chi connectivity index (χ2v) is 8.48. The number of unbranched alkanes of at least 4 members (excludes halogenated alkanes) is 5. The van der Waals surface area contributed by atoms with E-state index in [-0.39, 0.29) is 11.8 Å². The number of aryl methyl sites for hydroxylation is 1. The molecule has 1 amide bonds. The van der Waals surface area contributed by atoms with Gasteiger partial charge in [0.25, 0.3) is 0 Å². The lowest BCUT2D eigenvalue weighted by molar-refractivity contribution is -0.117. The molecule has 1 atom stereocenters. The summed E-state index contributed by atoms with van der Waals surface area (Å²) >= 11 is 0. The summed E-state index contributed by atoms with van der Waals surface area (Å²) in [7, 11) is 1.65. The fourth-order valence-electron chi connectivity index (χ4n) is 4.58. The number of aromatic nitrogens is 2. The standard InChI is InChI=1S/C26H33N3O2/c1-3-4-5-6-7-10-17-28-24-12-9-8-11-23(24)27-26(28)20-18-25(30)29(19-20)21-13-15-22(31-2)16-14-21/h8-9,11-16,20H,3-7,10,17-19H2,1-2H3/t20-/m1/s1. The normalized spacial score (nSPS) is 16.4. The quantitative estimate of drug-likeness (QED) is 0.383. The first-order valence-corrected chi connectivity index (χ1v) is 11.6. The van der Waals surface area contributed by atoms with Crippen LogP contribution in [0.5, 0.6) is 5.75 Å². The zero-order valence-corrected chi connectivity index (χ0v) is 18.7. The van der Waals surface area contributed by atoms with Crippen molar-refractivity contribution in [2.24, 2.45) is 0 Å². The summed E-state index contributed by atoms with van der Waals surface area (Å²) in [6.45, 7) is 3.89. The number of benzene rings is 2. The van der Waals surface area contributed by atoms with Gasteiger partial charge in [0, 0.05) is 31.1 Å². The Labute approximate surface area is 185 Å². The lowest BCUT2D eigenvalue weighted by Crippen LogP contribution is -2.24. The molecule has 1 aliphatic rings. The summed E-state index contributed by atoms with van der Waals surface area (Å²) in [6.07, 6.45) is 8.12. The van der Waals surface area contributed by atoms with Crippen LogP contribution < -0.4 is 9.64 Å². The Morgan fingerprint density at radius 2 is 1.74 bits per heavy atom. The molecule has 0 unspecified atom stereocenters. The third-order valence-corrected chi connectivity index (χ3v) is 6.29. The van der Waals surface area contributed by atoms with Gasteiger partial charge < -0.3 is 14.2 Å². The molecule has 0 aliphatic carbocycles. The second-order valence-electron chi connectivity index (χ2n) is 8.48. The minimum absolute atomic E-state index is 0.113. The molecule has 5 heteroatoms. The van der Waals surface area contributed by atoms with Crippen LogP contribution in [0.15, 0.2) is 48.5 Å². The molecule has 164 valence electrons. The number of fused-ring (bicyclic) bond motifs is 1. The number of methoxy groups -OCH3 is 1. The van der Waals surface area contributed by atoms with E-state index < -0.39 is 0 Å². The molecule has 1 saturated heterocycles. The predicted octanol–water partition coefficient (Wildman–Crippen LogP) is 5.93. The minimum atomic E-state index is 0.113. The smallest absolute Gasteiger partial charge is 0.227 e. The van der Waals surface area contributed by atoms with Crippen molar-refractivity contribution in [3.8, 4) is 5.75 Å². The molecule has 5 nitrogen and oxygen atoms in total.